The fourth-order valence-corrected chi connectivity index (χ4v) is 2.47. The molecule has 0 saturated heterocycles. The average molecular weight is 515 g/mol. The van der Waals surface area contributed by atoms with E-state index in [1.165, 1.54) is 12.1 Å². The fraction of sp³-hybridized carbons (Fsp3) is 0.250. The van der Waals surface area contributed by atoms with Crippen LogP contribution in [0.5, 0.6) is 5.75 Å². The highest BCUT2D eigenvalue weighted by atomic mass is 79.9. The summed E-state index contributed by atoms with van der Waals surface area (Å²) in [4.78, 5) is 24.9. The number of nitrogens with two attached hydrogens (primary N) is 2. The SMILES string of the molecule is Br.Br.N=C(N)c1ccc(OC(=O)CCCCCN)c(C(=O)c2ccccc2)c1. The Balaban J connectivity index is 0.00000364. The number of hydrogen-bond donors (Lipinski definition) is 3. The lowest BCUT2D eigenvalue weighted by Crippen LogP contribution is -2.15. The molecule has 8 heteroatoms. The highest BCUT2D eigenvalue weighted by Gasteiger charge is 2.18. The minimum absolute atomic E-state index is 0. The van der Waals surface area contributed by atoms with Crippen molar-refractivity contribution in [2.75, 3.05) is 6.54 Å². The Labute approximate surface area is 185 Å². The molecule has 0 unspecified atom stereocenters. The van der Waals surface area contributed by atoms with Crippen LogP contribution in [-0.4, -0.2) is 24.1 Å². The van der Waals surface area contributed by atoms with Crippen LogP contribution in [0.25, 0.3) is 0 Å². The van der Waals surface area contributed by atoms with E-state index in [-0.39, 0.29) is 63.3 Å². The van der Waals surface area contributed by atoms with E-state index in [4.69, 9.17) is 21.6 Å². The molecule has 0 amide bonds. The molecule has 0 aliphatic carbocycles. The van der Waals surface area contributed by atoms with Crippen LogP contribution in [0.15, 0.2) is 48.5 Å². The van der Waals surface area contributed by atoms with Crippen molar-refractivity contribution in [1.82, 2.24) is 0 Å². The summed E-state index contributed by atoms with van der Waals surface area (Å²) in [6.45, 7) is 0.595. The van der Waals surface area contributed by atoms with E-state index >= 15 is 0 Å². The Morgan fingerprint density at radius 3 is 2.21 bits per heavy atom. The van der Waals surface area contributed by atoms with E-state index < -0.39 is 5.97 Å². The van der Waals surface area contributed by atoms with Gasteiger partial charge < -0.3 is 16.2 Å². The molecular formula is C20H25Br2N3O3. The number of nitrogens with one attached hydrogen (secondary N) is 1. The Morgan fingerprint density at radius 1 is 0.929 bits per heavy atom. The van der Waals surface area contributed by atoms with Gasteiger partial charge in [0.15, 0.2) is 5.78 Å². The zero-order valence-electron chi connectivity index (χ0n) is 15.4. The smallest absolute Gasteiger partial charge is 0.311 e. The first-order valence-corrected chi connectivity index (χ1v) is 8.52. The van der Waals surface area contributed by atoms with Crippen molar-refractivity contribution >= 4 is 51.6 Å². The average Bonchev–Trinajstić information content (AvgIpc) is 2.65. The second-order valence-electron chi connectivity index (χ2n) is 5.89. The Hall–Kier alpha value is -2.03. The minimum Gasteiger partial charge on any atom is -0.426 e. The topological polar surface area (TPSA) is 119 Å². The first-order chi connectivity index (χ1) is 12.5. The van der Waals surface area contributed by atoms with Crippen molar-refractivity contribution in [2.45, 2.75) is 25.7 Å². The molecule has 0 fully saturated rings. The molecule has 6 nitrogen and oxygen atoms in total. The summed E-state index contributed by atoms with van der Waals surface area (Å²) in [6, 6.07) is 13.2. The van der Waals surface area contributed by atoms with Crippen molar-refractivity contribution < 1.29 is 14.3 Å². The molecular weight excluding hydrogens is 490 g/mol. The van der Waals surface area contributed by atoms with E-state index in [2.05, 4.69) is 0 Å². The maximum atomic E-state index is 12.8. The summed E-state index contributed by atoms with van der Waals surface area (Å²) in [7, 11) is 0. The van der Waals surface area contributed by atoms with E-state index in [1.807, 2.05) is 6.07 Å². The van der Waals surface area contributed by atoms with E-state index in [0.717, 1.165) is 12.8 Å². The standard InChI is InChI=1S/C20H23N3O3.2BrH/c21-12-6-2-5-9-18(24)26-17-11-10-15(20(22)23)13-16(17)19(25)14-7-3-1-4-8-14;;/h1,3-4,7-8,10-11,13H,2,5-6,9,12,21H2,(H3,22,23);2*1H. The number of carbonyl (C=O) groups excluding carboxylic acids is 2. The molecule has 152 valence electrons. The number of esters is 1. The van der Waals surface area contributed by atoms with Crippen LogP contribution in [0.4, 0.5) is 0 Å². The highest BCUT2D eigenvalue weighted by molar-refractivity contribution is 8.93. The van der Waals surface area contributed by atoms with E-state index in [0.29, 0.717) is 24.1 Å². The first kappa shape index (κ1) is 26.0. The molecule has 5 N–H and O–H groups in total. The Bertz CT molecular complexity index is 799. The van der Waals surface area contributed by atoms with Gasteiger partial charge in [0.2, 0.25) is 0 Å². The monoisotopic (exact) mass is 513 g/mol. The molecule has 28 heavy (non-hydrogen) atoms. The van der Waals surface area contributed by atoms with Crippen molar-refractivity contribution in [3.8, 4) is 5.75 Å². The molecule has 0 heterocycles. The second kappa shape index (κ2) is 13.2. The van der Waals surface area contributed by atoms with Crippen molar-refractivity contribution in [2.24, 2.45) is 11.5 Å². The molecule has 0 radical (unpaired) electrons. The predicted octanol–water partition coefficient (Wildman–Crippen LogP) is 3.78. The summed E-state index contributed by atoms with van der Waals surface area (Å²) < 4.78 is 5.40. The molecule has 0 aromatic heterocycles. The van der Waals surface area contributed by atoms with Crippen LogP contribution in [0, 0.1) is 5.41 Å². The van der Waals surface area contributed by atoms with Gasteiger partial charge in [-0.25, -0.2) is 0 Å². The van der Waals surface area contributed by atoms with Crippen LogP contribution in [0.2, 0.25) is 0 Å². The third-order valence-corrected chi connectivity index (χ3v) is 3.88. The van der Waals surface area contributed by atoms with Crippen LogP contribution in [-0.2, 0) is 4.79 Å². The lowest BCUT2D eigenvalue weighted by atomic mass is 10.00. The van der Waals surface area contributed by atoms with Gasteiger partial charge in [0, 0.05) is 17.5 Å². The predicted molar refractivity (Wildman–Crippen MR) is 121 cm³/mol. The number of nitrogen functional groups attached to an aromatic ring is 1. The van der Waals surface area contributed by atoms with E-state index in [9.17, 15) is 9.59 Å². The number of benzene rings is 2. The van der Waals surface area contributed by atoms with Gasteiger partial charge in [0.25, 0.3) is 0 Å². The first-order valence-electron chi connectivity index (χ1n) is 8.52. The van der Waals surface area contributed by atoms with Crippen LogP contribution in [0.1, 0.15) is 47.2 Å². The van der Waals surface area contributed by atoms with Gasteiger partial charge in [0.1, 0.15) is 11.6 Å². The Morgan fingerprint density at radius 2 is 1.61 bits per heavy atom. The summed E-state index contributed by atoms with van der Waals surface area (Å²) >= 11 is 0. The fourth-order valence-electron chi connectivity index (χ4n) is 2.47. The van der Waals surface area contributed by atoms with Crippen LogP contribution >= 0.6 is 34.0 Å². The summed E-state index contributed by atoms with van der Waals surface area (Å²) in [6.07, 6.45) is 2.65. The quantitative estimate of drug-likeness (QED) is 0.117. The molecule has 0 aliphatic rings. The molecule has 0 saturated carbocycles. The second-order valence-corrected chi connectivity index (χ2v) is 5.89. The van der Waals surface area contributed by atoms with Crippen molar-refractivity contribution in [3.63, 3.8) is 0 Å². The maximum Gasteiger partial charge on any atom is 0.311 e. The molecule has 2 rings (SSSR count). The third kappa shape index (κ3) is 7.53. The van der Waals surface area contributed by atoms with Gasteiger partial charge in [-0.15, -0.1) is 34.0 Å². The largest absolute Gasteiger partial charge is 0.426 e. The Kier molecular flexibility index (Phi) is 12.2. The van der Waals surface area contributed by atoms with E-state index in [1.54, 1.807) is 30.3 Å². The van der Waals surface area contributed by atoms with Crippen molar-refractivity contribution in [3.05, 3.63) is 65.2 Å². The number of unbranched alkanes of at least 4 members (excludes halogenated alkanes) is 2. The number of rotatable bonds is 9. The lowest BCUT2D eigenvalue weighted by Gasteiger charge is -2.11. The zero-order valence-corrected chi connectivity index (χ0v) is 18.8. The number of halogens is 2. The van der Waals surface area contributed by atoms with Crippen LogP contribution in [0.3, 0.4) is 0 Å². The lowest BCUT2D eigenvalue weighted by molar-refractivity contribution is -0.134. The molecule has 0 bridgehead atoms. The minimum atomic E-state index is -0.403. The molecule has 2 aromatic carbocycles. The maximum absolute atomic E-state index is 12.8. The summed E-state index contributed by atoms with van der Waals surface area (Å²) in [5, 5.41) is 7.57. The van der Waals surface area contributed by atoms with Crippen LogP contribution < -0.4 is 16.2 Å². The van der Waals surface area contributed by atoms with Gasteiger partial charge >= 0.3 is 5.97 Å². The van der Waals surface area contributed by atoms with Gasteiger partial charge in [0.05, 0.1) is 5.56 Å². The number of amidine groups is 1. The third-order valence-electron chi connectivity index (χ3n) is 3.88. The van der Waals surface area contributed by atoms with Gasteiger partial charge in [-0.3, -0.25) is 15.0 Å². The molecule has 2 aromatic rings. The number of ether oxygens (including phenoxy) is 1. The van der Waals surface area contributed by atoms with Crippen molar-refractivity contribution in [1.29, 1.82) is 5.41 Å². The zero-order chi connectivity index (χ0) is 18.9. The highest BCUT2D eigenvalue weighted by Crippen LogP contribution is 2.24. The normalized spacial score (nSPS) is 9.61. The van der Waals surface area contributed by atoms with Gasteiger partial charge in [-0.1, -0.05) is 36.8 Å². The molecule has 0 atom stereocenters. The molecule has 0 spiro atoms. The number of carbonyl (C=O) groups is 2. The number of hydrogen-bond acceptors (Lipinski definition) is 5. The molecule has 0 aliphatic heterocycles. The summed E-state index contributed by atoms with van der Waals surface area (Å²) in [5.74, 6) is -0.682. The summed E-state index contributed by atoms with van der Waals surface area (Å²) in [5.41, 5.74) is 12.0. The van der Waals surface area contributed by atoms with Gasteiger partial charge in [-0.2, -0.15) is 0 Å². The number of ketones is 1. The van der Waals surface area contributed by atoms with Gasteiger partial charge in [-0.05, 0) is 37.6 Å².